The molecule has 1 aromatic carbocycles. The number of nitrogens with one attached hydrogen (secondary N) is 1. The number of benzene rings is 1. The minimum atomic E-state index is -0.363. The molecule has 0 aliphatic carbocycles. The van der Waals surface area contributed by atoms with E-state index in [1.165, 1.54) is 0 Å². The van der Waals surface area contributed by atoms with Crippen molar-refractivity contribution in [1.82, 2.24) is 5.43 Å². The molecule has 1 rings (SSSR count). The molecule has 4 N–H and O–H groups in total. The zero-order chi connectivity index (χ0) is 16.6. The van der Waals surface area contributed by atoms with Gasteiger partial charge in [-0.05, 0) is 34.4 Å². The van der Waals surface area contributed by atoms with Gasteiger partial charge in [-0.1, -0.05) is 53.7 Å². The van der Waals surface area contributed by atoms with Crippen LogP contribution in [-0.4, -0.2) is 11.0 Å². The summed E-state index contributed by atoms with van der Waals surface area (Å²) in [5, 5.41) is 10.6. The summed E-state index contributed by atoms with van der Waals surface area (Å²) in [6, 6.07) is 3.81. The van der Waals surface area contributed by atoms with Gasteiger partial charge in [-0.2, -0.15) is 0 Å². The van der Waals surface area contributed by atoms with E-state index in [4.69, 9.17) is 5.84 Å². The highest BCUT2D eigenvalue weighted by Gasteiger charge is 2.28. The first-order chi connectivity index (χ1) is 9.39. The van der Waals surface area contributed by atoms with Gasteiger partial charge in [0.25, 0.3) is 0 Å². The van der Waals surface area contributed by atoms with Crippen molar-refractivity contribution >= 4 is 5.91 Å². The molecule has 1 aromatic rings. The van der Waals surface area contributed by atoms with Crippen LogP contribution < -0.4 is 11.3 Å². The number of phenolic OH excluding ortho intramolecular Hbond substituents is 1. The Labute approximate surface area is 127 Å². The minimum Gasteiger partial charge on any atom is -0.507 e. The number of hydrogen-bond acceptors (Lipinski definition) is 3. The molecule has 0 fully saturated rings. The van der Waals surface area contributed by atoms with Gasteiger partial charge < -0.3 is 5.11 Å². The predicted molar refractivity (Wildman–Crippen MR) is 86.3 cm³/mol. The molecule has 0 saturated carbocycles. The Balaban J connectivity index is 3.59. The zero-order valence-corrected chi connectivity index (χ0v) is 14.2. The maximum absolute atomic E-state index is 11.8. The lowest BCUT2D eigenvalue weighted by Gasteiger charge is -2.29. The molecule has 0 aromatic heterocycles. The third-order valence-electron chi connectivity index (χ3n) is 3.78. The molecule has 4 heteroatoms. The molecule has 0 saturated heterocycles. The summed E-state index contributed by atoms with van der Waals surface area (Å²) >= 11 is 0. The van der Waals surface area contributed by atoms with Crippen LogP contribution in [0.25, 0.3) is 0 Å². The van der Waals surface area contributed by atoms with E-state index in [1.54, 1.807) is 0 Å². The highest BCUT2D eigenvalue weighted by Crippen LogP contribution is 2.41. The van der Waals surface area contributed by atoms with E-state index in [2.05, 4.69) is 5.43 Å². The van der Waals surface area contributed by atoms with E-state index in [9.17, 15) is 9.90 Å². The lowest BCUT2D eigenvalue weighted by Crippen LogP contribution is -2.34. The van der Waals surface area contributed by atoms with Crippen molar-refractivity contribution in [3.05, 3.63) is 28.8 Å². The van der Waals surface area contributed by atoms with Gasteiger partial charge in [-0.3, -0.25) is 10.2 Å². The van der Waals surface area contributed by atoms with Gasteiger partial charge in [0.1, 0.15) is 5.75 Å². The van der Waals surface area contributed by atoms with Crippen molar-refractivity contribution in [1.29, 1.82) is 0 Å². The van der Waals surface area contributed by atoms with E-state index in [1.807, 2.05) is 60.6 Å². The number of phenols is 1. The number of nitrogens with two attached hydrogens (primary N) is 1. The van der Waals surface area contributed by atoms with Crippen LogP contribution in [0, 0.1) is 0 Å². The highest BCUT2D eigenvalue weighted by molar-refractivity contribution is 5.83. The van der Waals surface area contributed by atoms with Gasteiger partial charge in [0, 0.05) is 0 Å². The van der Waals surface area contributed by atoms with E-state index in [0.717, 1.165) is 16.7 Å². The number of carbonyl (C=O) groups is 1. The van der Waals surface area contributed by atoms with Crippen molar-refractivity contribution in [2.45, 2.75) is 65.2 Å². The van der Waals surface area contributed by atoms with E-state index in [0.29, 0.717) is 5.75 Å². The summed E-state index contributed by atoms with van der Waals surface area (Å²) in [5.74, 6) is 4.96. The summed E-state index contributed by atoms with van der Waals surface area (Å²) in [6.45, 7) is 14.1. The first-order valence-corrected chi connectivity index (χ1v) is 7.28. The minimum absolute atomic E-state index is 0.209. The SMILES string of the molecule is CC(C(=O)NN)c1cc(C(C)(C)C)c(O)c(C(C)(C)C)c1. The molecule has 4 nitrogen and oxygen atoms in total. The van der Waals surface area contributed by atoms with Crippen LogP contribution in [0.2, 0.25) is 0 Å². The molecule has 118 valence electrons. The summed E-state index contributed by atoms with van der Waals surface area (Å²) in [4.78, 5) is 11.8. The van der Waals surface area contributed by atoms with E-state index in [-0.39, 0.29) is 22.7 Å². The molecule has 0 heterocycles. The summed E-state index contributed by atoms with van der Waals surface area (Å²) in [7, 11) is 0. The van der Waals surface area contributed by atoms with Crippen molar-refractivity contribution < 1.29 is 9.90 Å². The first kappa shape index (κ1) is 17.5. The summed E-state index contributed by atoms with van der Waals surface area (Å²) in [5.41, 5.74) is 4.34. The van der Waals surface area contributed by atoms with Crippen LogP contribution in [0.5, 0.6) is 5.75 Å². The Morgan fingerprint density at radius 3 is 1.76 bits per heavy atom. The molecule has 0 radical (unpaired) electrons. The normalized spacial score (nSPS) is 13.9. The van der Waals surface area contributed by atoms with Crippen LogP contribution in [0.4, 0.5) is 0 Å². The van der Waals surface area contributed by atoms with Crippen LogP contribution in [-0.2, 0) is 15.6 Å². The van der Waals surface area contributed by atoms with Crippen molar-refractivity contribution in [3.8, 4) is 5.75 Å². The Morgan fingerprint density at radius 1 is 1.10 bits per heavy atom. The summed E-state index contributed by atoms with van der Waals surface area (Å²) in [6.07, 6.45) is 0. The van der Waals surface area contributed by atoms with Crippen LogP contribution in [0.3, 0.4) is 0 Å². The molecule has 0 bridgehead atoms. The lowest BCUT2D eigenvalue weighted by atomic mass is 9.77. The van der Waals surface area contributed by atoms with E-state index < -0.39 is 0 Å². The monoisotopic (exact) mass is 292 g/mol. The van der Waals surface area contributed by atoms with Gasteiger partial charge in [0.05, 0.1) is 5.92 Å². The third kappa shape index (κ3) is 3.76. The number of hydrogen-bond donors (Lipinski definition) is 3. The van der Waals surface area contributed by atoms with Crippen molar-refractivity contribution in [3.63, 3.8) is 0 Å². The predicted octanol–water partition coefficient (Wildman–Crippen LogP) is 3.08. The number of carbonyl (C=O) groups excluding carboxylic acids is 1. The second kappa shape index (κ2) is 5.68. The Kier molecular flexibility index (Phi) is 4.73. The number of aromatic hydroxyl groups is 1. The standard InChI is InChI=1S/C17H28N2O2/c1-10(15(21)19-18)11-8-12(16(2,3)4)14(20)13(9-11)17(5,6)7/h8-10,20H,18H2,1-7H3,(H,19,21). The quantitative estimate of drug-likeness (QED) is 0.445. The molecule has 21 heavy (non-hydrogen) atoms. The molecule has 0 aliphatic rings. The van der Waals surface area contributed by atoms with Crippen molar-refractivity contribution in [2.24, 2.45) is 5.84 Å². The largest absolute Gasteiger partial charge is 0.507 e. The molecule has 0 spiro atoms. The Hall–Kier alpha value is -1.55. The number of rotatable bonds is 2. The van der Waals surface area contributed by atoms with Crippen molar-refractivity contribution in [2.75, 3.05) is 0 Å². The highest BCUT2D eigenvalue weighted by atomic mass is 16.3. The fraction of sp³-hybridized carbons (Fsp3) is 0.588. The van der Waals surface area contributed by atoms with Crippen LogP contribution >= 0.6 is 0 Å². The molecule has 0 aliphatic heterocycles. The van der Waals surface area contributed by atoms with Gasteiger partial charge in [0.2, 0.25) is 5.91 Å². The topological polar surface area (TPSA) is 75.4 Å². The zero-order valence-electron chi connectivity index (χ0n) is 14.2. The van der Waals surface area contributed by atoms with Crippen LogP contribution in [0.15, 0.2) is 12.1 Å². The maximum Gasteiger partial charge on any atom is 0.241 e. The van der Waals surface area contributed by atoms with Gasteiger partial charge in [0.15, 0.2) is 0 Å². The average Bonchev–Trinajstić information content (AvgIpc) is 2.34. The van der Waals surface area contributed by atoms with Crippen LogP contribution in [0.1, 0.15) is 71.1 Å². The van der Waals surface area contributed by atoms with Gasteiger partial charge in [-0.15, -0.1) is 0 Å². The smallest absolute Gasteiger partial charge is 0.241 e. The summed E-state index contributed by atoms with van der Waals surface area (Å²) < 4.78 is 0. The fourth-order valence-corrected chi connectivity index (χ4v) is 2.33. The Bertz CT molecular complexity index is 502. The number of amides is 1. The Morgan fingerprint density at radius 2 is 1.48 bits per heavy atom. The first-order valence-electron chi connectivity index (χ1n) is 7.28. The second-order valence-electron chi connectivity index (χ2n) is 7.69. The molecular weight excluding hydrogens is 264 g/mol. The molecule has 1 atom stereocenters. The van der Waals surface area contributed by atoms with E-state index >= 15 is 0 Å². The maximum atomic E-state index is 11.8. The lowest BCUT2D eigenvalue weighted by molar-refractivity contribution is -0.122. The average molecular weight is 292 g/mol. The fourth-order valence-electron chi connectivity index (χ4n) is 2.33. The molecular formula is C17H28N2O2. The number of hydrazine groups is 1. The third-order valence-corrected chi connectivity index (χ3v) is 3.78. The van der Waals surface area contributed by atoms with Gasteiger partial charge >= 0.3 is 0 Å². The second-order valence-corrected chi connectivity index (χ2v) is 7.69. The van der Waals surface area contributed by atoms with Gasteiger partial charge in [-0.25, -0.2) is 5.84 Å². The molecule has 1 unspecified atom stereocenters. The molecule has 1 amide bonds.